The number of halogens is 1. The molecule has 1 aliphatic heterocycles. The fourth-order valence-corrected chi connectivity index (χ4v) is 3.67. The standard InChI is InChI=1S/C19H38N4O.HI/c1-20-19(22-13-9-17-24-18-10-4-5-11-18)21-12-8-16-23-14-6-2-3-7-15-23;/h18H,2-17H2,1H3,(H2,20,21,22);1H. The summed E-state index contributed by atoms with van der Waals surface area (Å²) in [6.07, 6.45) is 13.5. The highest BCUT2D eigenvalue weighted by molar-refractivity contribution is 14.0. The summed E-state index contributed by atoms with van der Waals surface area (Å²) >= 11 is 0. The van der Waals surface area contributed by atoms with Crippen molar-refractivity contribution in [2.24, 2.45) is 4.99 Å². The predicted octanol–water partition coefficient (Wildman–Crippen LogP) is 3.38. The van der Waals surface area contributed by atoms with E-state index in [4.69, 9.17) is 4.74 Å². The first kappa shape index (κ1) is 23.0. The summed E-state index contributed by atoms with van der Waals surface area (Å²) in [5.41, 5.74) is 0. The molecule has 0 spiro atoms. The fraction of sp³-hybridized carbons (Fsp3) is 0.947. The minimum Gasteiger partial charge on any atom is -0.378 e. The molecule has 1 aliphatic carbocycles. The highest BCUT2D eigenvalue weighted by Crippen LogP contribution is 2.20. The van der Waals surface area contributed by atoms with E-state index in [1.807, 2.05) is 7.05 Å². The number of hydrogen-bond donors (Lipinski definition) is 2. The van der Waals surface area contributed by atoms with Crippen molar-refractivity contribution in [3.63, 3.8) is 0 Å². The van der Waals surface area contributed by atoms with E-state index in [1.165, 1.54) is 77.4 Å². The number of nitrogens with one attached hydrogen (secondary N) is 2. The molecule has 148 valence electrons. The van der Waals surface area contributed by atoms with Gasteiger partial charge in [0, 0.05) is 26.7 Å². The van der Waals surface area contributed by atoms with E-state index < -0.39 is 0 Å². The van der Waals surface area contributed by atoms with E-state index in [1.54, 1.807) is 0 Å². The molecule has 0 aromatic rings. The molecule has 0 bridgehead atoms. The Bertz CT molecular complexity index is 340. The minimum absolute atomic E-state index is 0. The maximum Gasteiger partial charge on any atom is 0.190 e. The Morgan fingerprint density at radius 2 is 1.60 bits per heavy atom. The zero-order chi connectivity index (χ0) is 16.9. The second-order valence-electron chi connectivity index (χ2n) is 7.17. The summed E-state index contributed by atoms with van der Waals surface area (Å²) < 4.78 is 5.89. The molecule has 2 N–H and O–H groups in total. The molecular weight excluding hydrogens is 427 g/mol. The van der Waals surface area contributed by atoms with Gasteiger partial charge >= 0.3 is 0 Å². The van der Waals surface area contributed by atoms with Gasteiger partial charge < -0.3 is 20.3 Å². The van der Waals surface area contributed by atoms with E-state index in [0.29, 0.717) is 6.10 Å². The first-order chi connectivity index (χ1) is 11.9. The highest BCUT2D eigenvalue weighted by Gasteiger charge is 2.14. The Labute approximate surface area is 171 Å². The number of hydrogen-bond acceptors (Lipinski definition) is 3. The van der Waals surface area contributed by atoms with Crippen LogP contribution in [0.5, 0.6) is 0 Å². The summed E-state index contributed by atoms with van der Waals surface area (Å²) in [7, 11) is 1.85. The summed E-state index contributed by atoms with van der Waals surface area (Å²) in [6, 6.07) is 0. The van der Waals surface area contributed by atoms with Gasteiger partial charge in [-0.05, 0) is 58.2 Å². The molecule has 1 saturated heterocycles. The van der Waals surface area contributed by atoms with Gasteiger partial charge in [-0.15, -0.1) is 24.0 Å². The Hall–Kier alpha value is -0.0800. The largest absolute Gasteiger partial charge is 0.378 e. The summed E-state index contributed by atoms with van der Waals surface area (Å²) in [6.45, 7) is 6.57. The van der Waals surface area contributed by atoms with Crippen molar-refractivity contribution >= 4 is 29.9 Å². The van der Waals surface area contributed by atoms with Gasteiger partial charge in [-0.1, -0.05) is 25.7 Å². The SMILES string of the molecule is CN=C(NCCCOC1CCCC1)NCCCN1CCCCCC1.I. The molecule has 25 heavy (non-hydrogen) atoms. The molecule has 0 aromatic heterocycles. The van der Waals surface area contributed by atoms with Gasteiger partial charge in [-0.3, -0.25) is 4.99 Å². The monoisotopic (exact) mass is 466 g/mol. The Morgan fingerprint density at radius 3 is 2.24 bits per heavy atom. The van der Waals surface area contributed by atoms with Crippen LogP contribution in [0, 0.1) is 0 Å². The summed E-state index contributed by atoms with van der Waals surface area (Å²) in [4.78, 5) is 6.92. The Balaban J connectivity index is 0.00000312. The molecule has 0 amide bonds. The lowest BCUT2D eigenvalue weighted by Crippen LogP contribution is -2.39. The molecule has 0 aromatic carbocycles. The van der Waals surface area contributed by atoms with Gasteiger partial charge in [0.15, 0.2) is 5.96 Å². The topological polar surface area (TPSA) is 48.9 Å². The van der Waals surface area contributed by atoms with Crippen molar-refractivity contribution in [1.29, 1.82) is 0 Å². The molecule has 0 atom stereocenters. The van der Waals surface area contributed by atoms with Crippen LogP contribution in [0.3, 0.4) is 0 Å². The lowest BCUT2D eigenvalue weighted by atomic mass is 10.2. The van der Waals surface area contributed by atoms with Crippen LogP contribution >= 0.6 is 24.0 Å². The van der Waals surface area contributed by atoms with Gasteiger partial charge in [0.2, 0.25) is 0 Å². The average molecular weight is 466 g/mol. The van der Waals surface area contributed by atoms with Crippen LogP contribution in [0.4, 0.5) is 0 Å². The Kier molecular flexibility index (Phi) is 13.8. The van der Waals surface area contributed by atoms with Gasteiger partial charge in [0.05, 0.1) is 6.10 Å². The van der Waals surface area contributed by atoms with Crippen LogP contribution in [-0.4, -0.2) is 63.3 Å². The summed E-state index contributed by atoms with van der Waals surface area (Å²) in [5, 5.41) is 6.82. The number of nitrogens with zero attached hydrogens (tertiary/aromatic N) is 2. The maximum atomic E-state index is 5.89. The third-order valence-corrected chi connectivity index (χ3v) is 5.14. The van der Waals surface area contributed by atoms with E-state index in [9.17, 15) is 0 Å². The van der Waals surface area contributed by atoms with E-state index in [0.717, 1.165) is 32.1 Å². The highest BCUT2D eigenvalue weighted by atomic mass is 127. The quantitative estimate of drug-likeness (QED) is 0.237. The molecule has 2 aliphatic rings. The van der Waals surface area contributed by atoms with E-state index in [2.05, 4.69) is 20.5 Å². The first-order valence-electron chi connectivity index (χ1n) is 10.2. The number of aliphatic imine (C=N–C) groups is 1. The van der Waals surface area contributed by atoms with Crippen LogP contribution in [0.2, 0.25) is 0 Å². The second kappa shape index (κ2) is 15.0. The smallest absolute Gasteiger partial charge is 0.190 e. The average Bonchev–Trinajstić information content (AvgIpc) is 2.98. The van der Waals surface area contributed by atoms with Crippen molar-refractivity contribution < 1.29 is 4.74 Å². The van der Waals surface area contributed by atoms with Crippen LogP contribution < -0.4 is 10.6 Å². The van der Waals surface area contributed by atoms with Crippen LogP contribution in [-0.2, 0) is 4.74 Å². The molecule has 5 nitrogen and oxygen atoms in total. The lowest BCUT2D eigenvalue weighted by Gasteiger charge is -2.20. The third kappa shape index (κ3) is 10.6. The molecule has 0 radical (unpaired) electrons. The molecule has 2 rings (SSSR count). The second-order valence-corrected chi connectivity index (χ2v) is 7.17. The zero-order valence-corrected chi connectivity index (χ0v) is 18.4. The van der Waals surface area contributed by atoms with E-state index >= 15 is 0 Å². The molecule has 1 heterocycles. The first-order valence-corrected chi connectivity index (χ1v) is 10.2. The lowest BCUT2D eigenvalue weighted by molar-refractivity contribution is 0.0574. The number of guanidine groups is 1. The van der Waals surface area contributed by atoms with Crippen molar-refractivity contribution in [2.45, 2.75) is 70.3 Å². The molecular formula is C19H39IN4O. The van der Waals surface area contributed by atoms with Crippen molar-refractivity contribution in [3.8, 4) is 0 Å². The van der Waals surface area contributed by atoms with E-state index in [-0.39, 0.29) is 24.0 Å². The summed E-state index contributed by atoms with van der Waals surface area (Å²) in [5.74, 6) is 0.923. The molecule has 0 unspecified atom stereocenters. The van der Waals surface area contributed by atoms with Gasteiger partial charge in [0.25, 0.3) is 0 Å². The van der Waals surface area contributed by atoms with Crippen LogP contribution in [0.1, 0.15) is 64.2 Å². The van der Waals surface area contributed by atoms with Gasteiger partial charge in [-0.2, -0.15) is 0 Å². The number of rotatable bonds is 9. The molecule has 1 saturated carbocycles. The van der Waals surface area contributed by atoms with Crippen LogP contribution in [0.15, 0.2) is 4.99 Å². The van der Waals surface area contributed by atoms with Gasteiger partial charge in [0.1, 0.15) is 0 Å². The zero-order valence-electron chi connectivity index (χ0n) is 16.1. The van der Waals surface area contributed by atoms with Crippen molar-refractivity contribution in [2.75, 3.05) is 46.4 Å². The normalized spacial score (nSPS) is 20.1. The van der Waals surface area contributed by atoms with Crippen molar-refractivity contribution in [1.82, 2.24) is 15.5 Å². The predicted molar refractivity (Wildman–Crippen MR) is 117 cm³/mol. The number of likely N-dealkylation sites (tertiary alicyclic amines) is 1. The fourth-order valence-electron chi connectivity index (χ4n) is 3.67. The molecule has 2 fully saturated rings. The van der Waals surface area contributed by atoms with Crippen molar-refractivity contribution in [3.05, 3.63) is 0 Å². The maximum absolute atomic E-state index is 5.89. The number of ether oxygens (including phenoxy) is 1. The third-order valence-electron chi connectivity index (χ3n) is 5.14. The van der Waals surface area contributed by atoms with Crippen LogP contribution in [0.25, 0.3) is 0 Å². The minimum atomic E-state index is 0. The molecule has 6 heteroatoms. The van der Waals surface area contributed by atoms with Gasteiger partial charge in [-0.25, -0.2) is 0 Å². The Morgan fingerprint density at radius 1 is 0.960 bits per heavy atom.